The molecule has 0 radical (unpaired) electrons. The van der Waals surface area contributed by atoms with E-state index >= 15 is 0 Å². The Morgan fingerprint density at radius 3 is 2.12 bits per heavy atom. The van der Waals surface area contributed by atoms with Gasteiger partial charge in [0.2, 0.25) is 0 Å². The first-order valence-corrected chi connectivity index (χ1v) is 8.68. The molecule has 1 N–H and O–H groups in total. The van der Waals surface area contributed by atoms with E-state index in [1.807, 2.05) is 36.7 Å². The highest BCUT2D eigenvalue weighted by Crippen LogP contribution is 2.21. The van der Waals surface area contributed by atoms with E-state index in [-0.39, 0.29) is 5.82 Å². The van der Waals surface area contributed by atoms with Crippen LogP contribution in [0, 0.1) is 5.82 Å². The van der Waals surface area contributed by atoms with Crippen molar-refractivity contribution in [1.82, 2.24) is 0 Å². The molecule has 0 saturated heterocycles. The summed E-state index contributed by atoms with van der Waals surface area (Å²) in [5, 5.41) is 10.9. The number of aromatic nitrogens is 1. The van der Waals surface area contributed by atoms with Crippen molar-refractivity contribution in [3.8, 4) is 11.1 Å². The van der Waals surface area contributed by atoms with Crippen molar-refractivity contribution >= 4 is 11.6 Å². The molecule has 1 atom stereocenters. The van der Waals surface area contributed by atoms with Crippen molar-refractivity contribution in [2.24, 2.45) is 0 Å². The lowest BCUT2D eigenvalue weighted by Crippen LogP contribution is -2.32. The summed E-state index contributed by atoms with van der Waals surface area (Å²) in [6.07, 6.45) is 4.98. The van der Waals surface area contributed by atoms with Crippen molar-refractivity contribution in [1.29, 1.82) is 0 Å². The lowest BCUT2D eigenvalue weighted by atomic mass is 10.0. The van der Waals surface area contributed by atoms with Gasteiger partial charge in [-0.2, -0.15) is 0 Å². The molecule has 4 heteroatoms. The predicted octanol–water partition coefficient (Wildman–Crippen LogP) is 4.95. The summed E-state index contributed by atoms with van der Waals surface area (Å²) in [6.45, 7) is 0.819. The van der Waals surface area contributed by atoms with Crippen LogP contribution in [0.4, 0.5) is 4.39 Å². The molecular weight excluding hydrogens is 337 g/mol. The summed E-state index contributed by atoms with van der Waals surface area (Å²) >= 11 is 5.92. The molecule has 0 saturated carbocycles. The lowest BCUT2D eigenvalue weighted by Gasteiger charge is -2.09. The Morgan fingerprint density at radius 2 is 1.48 bits per heavy atom. The van der Waals surface area contributed by atoms with Gasteiger partial charge in [0.25, 0.3) is 0 Å². The van der Waals surface area contributed by atoms with Gasteiger partial charge < -0.3 is 5.11 Å². The van der Waals surface area contributed by atoms with Gasteiger partial charge in [-0.1, -0.05) is 35.9 Å². The normalized spacial score (nSPS) is 12.1. The fraction of sp³-hybridized carbons (Fsp3) is 0.190. The minimum absolute atomic E-state index is 0.285. The van der Waals surface area contributed by atoms with E-state index in [4.69, 9.17) is 11.6 Å². The maximum absolute atomic E-state index is 12.9. The van der Waals surface area contributed by atoms with Crippen LogP contribution >= 0.6 is 11.6 Å². The van der Waals surface area contributed by atoms with Gasteiger partial charge in [-0.05, 0) is 47.4 Å². The van der Waals surface area contributed by atoms with Crippen molar-refractivity contribution < 1.29 is 14.1 Å². The minimum atomic E-state index is -0.561. The van der Waals surface area contributed by atoms with Crippen LogP contribution in [0.25, 0.3) is 11.1 Å². The van der Waals surface area contributed by atoms with Crippen LogP contribution in [0.3, 0.4) is 0 Å². The molecule has 0 aliphatic carbocycles. The molecule has 0 bridgehead atoms. The van der Waals surface area contributed by atoms with E-state index in [9.17, 15) is 9.50 Å². The second-order valence-electron chi connectivity index (χ2n) is 6.04. The number of aliphatic hydroxyl groups is 1. The summed E-state index contributed by atoms with van der Waals surface area (Å²) in [4.78, 5) is 0. The van der Waals surface area contributed by atoms with Crippen LogP contribution in [0.1, 0.15) is 24.5 Å². The van der Waals surface area contributed by atoms with Crippen LogP contribution in [0.5, 0.6) is 0 Å². The average Bonchev–Trinajstić information content (AvgIpc) is 2.63. The topological polar surface area (TPSA) is 24.1 Å². The van der Waals surface area contributed by atoms with Crippen LogP contribution in [0.2, 0.25) is 5.02 Å². The Bertz CT molecular complexity index is 801. The zero-order chi connectivity index (χ0) is 17.6. The molecule has 0 spiro atoms. The number of hydrogen-bond donors (Lipinski definition) is 1. The quantitative estimate of drug-likeness (QED) is 0.621. The number of nitrogens with zero attached hydrogens (tertiary/aromatic N) is 1. The van der Waals surface area contributed by atoms with E-state index in [2.05, 4.69) is 16.7 Å². The first kappa shape index (κ1) is 17.6. The summed E-state index contributed by atoms with van der Waals surface area (Å²) in [5.74, 6) is -0.285. The average molecular weight is 357 g/mol. The SMILES string of the molecule is OC(CCC[n+]1ccc(-c2ccc(Cl)cc2)cc1)c1ccc(F)cc1. The van der Waals surface area contributed by atoms with Crippen LogP contribution < -0.4 is 4.57 Å². The molecule has 128 valence electrons. The molecule has 2 nitrogen and oxygen atoms in total. The summed E-state index contributed by atoms with van der Waals surface area (Å²) < 4.78 is 15.0. The van der Waals surface area contributed by atoms with Gasteiger partial charge in [-0.15, -0.1) is 0 Å². The Labute approximate surface area is 152 Å². The highest BCUT2D eigenvalue weighted by atomic mass is 35.5. The standard InChI is InChI=1S/C21H20ClFNO/c22-19-7-3-16(4-8-19)17-11-14-24(15-12-17)13-1-2-21(25)18-5-9-20(23)10-6-18/h3-12,14-15,21,25H,1-2,13H2/q+1. The number of benzene rings is 2. The number of aryl methyl sites for hydroxylation is 1. The van der Waals surface area contributed by atoms with Crippen molar-refractivity contribution in [3.63, 3.8) is 0 Å². The summed E-state index contributed by atoms with van der Waals surface area (Å²) in [5.41, 5.74) is 3.02. The number of aliphatic hydroxyl groups excluding tert-OH is 1. The minimum Gasteiger partial charge on any atom is -0.388 e. The molecule has 1 heterocycles. The van der Waals surface area contributed by atoms with Crippen LogP contribution in [-0.2, 0) is 6.54 Å². The monoisotopic (exact) mass is 356 g/mol. The zero-order valence-corrected chi connectivity index (χ0v) is 14.5. The molecule has 3 rings (SSSR count). The molecule has 0 aliphatic rings. The first-order valence-electron chi connectivity index (χ1n) is 8.30. The van der Waals surface area contributed by atoms with Crippen molar-refractivity contribution in [2.75, 3.05) is 0 Å². The molecule has 1 aromatic heterocycles. The van der Waals surface area contributed by atoms with E-state index in [1.165, 1.54) is 12.1 Å². The maximum atomic E-state index is 12.9. The molecule has 25 heavy (non-hydrogen) atoms. The second-order valence-corrected chi connectivity index (χ2v) is 6.48. The molecule has 3 aromatic rings. The largest absolute Gasteiger partial charge is 0.388 e. The van der Waals surface area contributed by atoms with E-state index < -0.39 is 6.10 Å². The van der Waals surface area contributed by atoms with Crippen molar-refractivity contribution in [2.45, 2.75) is 25.5 Å². The zero-order valence-electron chi connectivity index (χ0n) is 13.8. The van der Waals surface area contributed by atoms with Gasteiger partial charge in [0.15, 0.2) is 12.4 Å². The van der Waals surface area contributed by atoms with Gasteiger partial charge in [0, 0.05) is 23.6 Å². The highest BCUT2D eigenvalue weighted by molar-refractivity contribution is 6.30. The summed E-state index contributed by atoms with van der Waals surface area (Å²) in [7, 11) is 0. The van der Waals surface area contributed by atoms with Gasteiger partial charge in [0.1, 0.15) is 12.4 Å². The van der Waals surface area contributed by atoms with E-state index in [0.29, 0.717) is 6.42 Å². The molecular formula is C21H20ClFNO+. The Morgan fingerprint density at radius 1 is 0.880 bits per heavy atom. The van der Waals surface area contributed by atoms with E-state index in [1.54, 1.807) is 12.1 Å². The third kappa shape index (κ3) is 4.88. The fourth-order valence-electron chi connectivity index (χ4n) is 2.76. The Hall–Kier alpha value is -2.23. The third-order valence-electron chi connectivity index (χ3n) is 4.22. The lowest BCUT2D eigenvalue weighted by molar-refractivity contribution is -0.697. The summed E-state index contributed by atoms with van der Waals surface area (Å²) in [6, 6.07) is 17.9. The number of hydrogen-bond acceptors (Lipinski definition) is 1. The molecule has 0 aliphatic heterocycles. The molecule has 0 amide bonds. The van der Waals surface area contributed by atoms with Gasteiger partial charge >= 0.3 is 0 Å². The van der Waals surface area contributed by atoms with Gasteiger partial charge in [-0.25, -0.2) is 8.96 Å². The van der Waals surface area contributed by atoms with Crippen LogP contribution in [-0.4, -0.2) is 5.11 Å². The molecule has 2 aromatic carbocycles. The fourth-order valence-corrected chi connectivity index (χ4v) is 2.89. The first-order chi connectivity index (χ1) is 12.1. The predicted molar refractivity (Wildman–Crippen MR) is 97.7 cm³/mol. The van der Waals surface area contributed by atoms with Gasteiger partial charge in [-0.3, -0.25) is 0 Å². The molecule has 0 fully saturated rings. The Kier molecular flexibility index (Phi) is 5.79. The Balaban J connectivity index is 1.53. The van der Waals surface area contributed by atoms with Crippen molar-refractivity contribution in [3.05, 3.63) is 89.5 Å². The van der Waals surface area contributed by atoms with E-state index in [0.717, 1.165) is 34.7 Å². The number of halogens is 2. The van der Waals surface area contributed by atoms with Gasteiger partial charge in [0.05, 0.1) is 6.10 Å². The van der Waals surface area contributed by atoms with Crippen LogP contribution in [0.15, 0.2) is 73.1 Å². The third-order valence-corrected chi connectivity index (χ3v) is 4.47. The number of pyridine rings is 1. The highest BCUT2D eigenvalue weighted by Gasteiger charge is 2.09. The smallest absolute Gasteiger partial charge is 0.169 e. The second kappa shape index (κ2) is 8.24. The maximum Gasteiger partial charge on any atom is 0.169 e. The number of rotatable bonds is 6. The molecule has 1 unspecified atom stereocenters.